The first kappa shape index (κ1) is 19.6. The van der Waals surface area contributed by atoms with Crippen molar-refractivity contribution in [3.63, 3.8) is 0 Å². The quantitative estimate of drug-likeness (QED) is 0.822. The SMILES string of the molecule is Cc1ccccc1C1(CNC(=O)C(C)C(N)c2ccccc2)CCOCC1. The van der Waals surface area contributed by atoms with E-state index in [-0.39, 0.29) is 23.3 Å². The van der Waals surface area contributed by atoms with Crippen LogP contribution in [0.25, 0.3) is 0 Å². The van der Waals surface area contributed by atoms with Crippen LogP contribution in [0.15, 0.2) is 54.6 Å². The van der Waals surface area contributed by atoms with Gasteiger partial charge in [0.15, 0.2) is 0 Å². The van der Waals surface area contributed by atoms with E-state index in [1.54, 1.807) is 0 Å². The Labute approximate surface area is 162 Å². The summed E-state index contributed by atoms with van der Waals surface area (Å²) in [6.07, 6.45) is 1.83. The molecule has 0 bridgehead atoms. The normalized spacial score (nSPS) is 18.5. The second-order valence-corrected chi connectivity index (χ2v) is 7.65. The first-order chi connectivity index (χ1) is 13.0. The number of hydrogen-bond acceptors (Lipinski definition) is 3. The third-order valence-corrected chi connectivity index (χ3v) is 5.90. The van der Waals surface area contributed by atoms with E-state index in [1.807, 2.05) is 37.3 Å². The van der Waals surface area contributed by atoms with E-state index < -0.39 is 0 Å². The number of rotatable bonds is 6. The van der Waals surface area contributed by atoms with Gasteiger partial charge in [0.05, 0.1) is 5.92 Å². The summed E-state index contributed by atoms with van der Waals surface area (Å²) in [5.41, 5.74) is 9.83. The smallest absolute Gasteiger partial charge is 0.224 e. The molecule has 0 radical (unpaired) electrons. The topological polar surface area (TPSA) is 64.4 Å². The number of benzene rings is 2. The van der Waals surface area contributed by atoms with Gasteiger partial charge in [0.1, 0.15) is 0 Å². The van der Waals surface area contributed by atoms with Crippen LogP contribution in [-0.2, 0) is 14.9 Å². The molecule has 0 aromatic heterocycles. The van der Waals surface area contributed by atoms with Crippen LogP contribution in [0.5, 0.6) is 0 Å². The van der Waals surface area contributed by atoms with E-state index >= 15 is 0 Å². The van der Waals surface area contributed by atoms with Gasteiger partial charge in [-0.2, -0.15) is 0 Å². The average molecular weight is 367 g/mol. The monoisotopic (exact) mass is 366 g/mol. The van der Waals surface area contributed by atoms with Crippen molar-refractivity contribution in [2.24, 2.45) is 11.7 Å². The first-order valence-corrected chi connectivity index (χ1v) is 9.76. The predicted molar refractivity (Wildman–Crippen MR) is 108 cm³/mol. The zero-order valence-electron chi connectivity index (χ0n) is 16.3. The molecule has 3 N–H and O–H groups in total. The molecule has 4 nitrogen and oxygen atoms in total. The Kier molecular flexibility index (Phi) is 6.30. The fourth-order valence-corrected chi connectivity index (χ4v) is 4.02. The molecule has 2 aromatic carbocycles. The summed E-state index contributed by atoms with van der Waals surface area (Å²) in [5, 5.41) is 3.19. The second kappa shape index (κ2) is 8.68. The van der Waals surface area contributed by atoms with Crippen molar-refractivity contribution in [2.45, 2.75) is 38.1 Å². The number of amides is 1. The van der Waals surface area contributed by atoms with Crippen LogP contribution >= 0.6 is 0 Å². The minimum absolute atomic E-state index is 0.00537. The van der Waals surface area contributed by atoms with Crippen molar-refractivity contribution in [1.29, 1.82) is 0 Å². The summed E-state index contributed by atoms with van der Waals surface area (Å²) in [5.74, 6) is -0.285. The van der Waals surface area contributed by atoms with Crippen molar-refractivity contribution in [1.82, 2.24) is 5.32 Å². The molecule has 0 spiro atoms. The van der Waals surface area contributed by atoms with Crippen molar-refractivity contribution in [3.8, 4) is 0 Å². The Morgan fingerprint density at radius 1 is 1.11 bits per heavy atom. The molecule has 0 aliphatic carbocycles. The van der Waals surface area contributed by atoms with E-state index in [0.29, 0.717) is 6.54 Å². The van der Waals surface area contributed by atoms with Gasteiger partial charge in [0, 0.05) is 31.2 Å². The Morgan fingerprint density at radius 2 is 1.74 bits per heavy atom. The summed E-state index contributed by atoms with van der Waals surface area (Å²) < 4.78 is 5.60. The van der Waals surface area contributed by atoms with Crippen LogP contribution in [0.2, 0.25) is 0 Å². The fourth-order valence-electron chi connectivity index (χ4n) is 4.02. The van der Waals surface area contributed by atoms with Crippen molar-refractivity contribution in [2.75, 3.05) is 19.8 Å². The van der Waals surface area contributed by atoms with Crippen molar-refractivity contribution in [3.05, 3.63) is 71.3 Å². The molecular formula is C23H30N2O2. The van der Waals surface area contributed by atoms with Gasteiger partial charge in [-0.25, -0.2) is 0 Å². The third-order valence-electron chi connectivity index (χ3n) is 5.90. The zero-order valence-corrected chi connectivity index (χ0v) is 16.3. The summed E-state index contributed by atoms with van der Waals surface area (Å²) in [6, 6.07) is 18.0. The van der Waals surface area contributed by atoms with Crippen LogP contribution in [-0.4, -0.2) is 25.7 Å². The van der Waals surface area contributed by atoms with E-state index in [9.17, 15) is 4.79 Å². The molecule has 1 aliphatic heterocycles. The second-order valence-electron chi connectivity index (χ2n) is 7.65. The molecule has 1 aliphatic rings. The zero-order chi connectivity index (χ0) is 19.3. The Balaban J connectivity index is 1.72. The summed E-state index contributed by atoms with van der Waals surface area (Å²) in [7, 11) is 0. The van der Waals surface area contributed by atoms with Crippen molar-refractivity contribution >= 4 is 5.91 Å². The van der Waals surface area contributed by atoms with Crippen LogP contribution in [0.3, 0.4) is 0 Å². The number of nitrogens with two attached hydrogens (primary N) is 1. The molecule has 1 heterocycles. The summed E-state index contributed by atoms with van der Waals surface area (Å²) in [6.45, 7) is 6.11. The Morgan fingerprint density at radius 3 is 2.41 bits per heavy atom. The lowest BCUT2D eigenvalue weighted by Gasteiger charge is -2.39. The summed E-state index contributed by atoms with van der Waals surface area (Å²) in [4.78, 5) is 12.8. The molecule has 2 unspecified atom stereocenters. The highest BCUT2D eigenvalue weighted by Crippen LogP contribution is 2.36. The predicted octanol–water partition coefficient (Wildman–Crippen LogP) is 3.50. The molecule has 3 rings (SSSR count). The maximum absolute atomic E-state index is 12.8. The summed E-state index contributed by atoms with van der Waals surface area (Å²) >= 11 is 0. The fraction of sp³-hybridized carbons (Fsp3) is 0.435. The lowest BCUT2D eigenvalue weighted by molar-refractivity contribution is -0.125. The lowest BCUT2D eigenvalue weighted by atomic mass is 9.72. The van der Waals surface area contributed by atoms with Gasteiger partial charge in [-0.15, -0.1) is 0 Å². The van der Waals surface area contributed by atoms with Gasteiger partial charge in [-0.1, -0.05) is 61.5 Å². The maximum Gasteiger partial charge on any atom is 0.224 e. The number of ether oxygens (including phenoxy) is 1. The first-order valence-electron chi connectivity index (χ1n) is 9.76. The van der Waals surface area contributed by atoms with Crippen LogP contribution < -0.4 is 11.1 Å². The largest absolute Gasteiger partial charge is 0.381 e. The third kappa shape index (κ3) is 4.40. The highest BCUT2D eigenvalue weighted by atomic mass is 16.5. The number of aryl methyl sites for hydroxylation is 1. The molecule has 1 saturated heterocycles. The number of carbonyl (C=O) groups is 1. The van der Waals surface area contributed by atoms with Gasteiger partial charge in [0.25, 0.3) is 0 Å². The molecular weight excluding hydrogens is 336 g/mol. The molecule has 4 heteroatoms. The average Bonchev–Trinajstić information content (AvgIpc) is 2.72. The maximum atomic E-state index is 12.8. The van der Waals surface area contributed by atoms with E-state index in [2.05, 4.69) is 36.5 Å². The molecule has 1 amide bonds. The van der Waals surface area contributed by atoms with Crippen molar-refractivity contribution < 1.29 is 9.53 Å². The molecule has 144 valence electrons. The van der Waals surface area contributed by atoms with Gasteiger partial charge < -0.3 is 15.8 Å². The molecule has 2 aromatic rings. The van der Waals surface area contributed by atoms with E-state index in [0.717, 1.165) is 31.6 Å². The Hall–Kier alpha value is -2.17. The Bertz CT molecular complexity index is 754. The molecule has 2 atom stereocenters. The van der Waals surface area contributed by atoms with Gasteiger partial charge in [0.2, 0.25) is 5.91 Å². The lowest BCUT2D eigenvalue weighted by Crippen LogP contribution is -2.47. The highest BCUT2D eigenvalue weighted by Gasteiger charge is 2.36. The molecule has 0 saturated carbocycles. The van der Waals surface area contributed by atoms with Gasteiger partial charge in [-0.3, -0.25) is 4.79 Å². The van der Waals surface area contributed by atoms with Gasteiger partial charge in [-0.05, 0) is 36.5 Å². The van der Waals surface area contributed by atoms with Crippen LogP contribution in [0, 0.1) is 12.8 Å². The minimum Gasteiger partial charge on any atom is -0.381 e. The van der Waals surface area contributed by atoms with Gasteiger partial charge >= 0.3 is 0 Å². The molecule has 27 heavy (non-hydrogen) atoms. The highest BCUT2D eigenvalue weighted by molar-refractivity contribution is 5.79. The minimum atomic E-state index is -0.310. The number of carbonyl (C=O) groups excluding carboxylic acids is 1. The number of hydrogen-bond donors (Lipinski definition) is 2. The van der Waals surface area contributed by atoms with E-state index in [4.69, 9.17) is 10.5 Å². The molecule has 1 fully saturated rings. The van der Waals surface area contributed by atoms with Crippen LogP contribution in [0.4, 0.5) is 0 Å². The van der Waals surface area contributed by atoms with E-state index in [1.165, 1.54) is 11.1 Å². The van der Waals surface area contributed by atoms with Crippen LogP contribution in [0.1, 0.15) is 42.5 Å². The standard InChI is InChI=1S/C23H30N2O2/c1-17-8-6-7-11-20(17)23(12-14-27-15-13-23)16-25-22(26)18(2)21(24)19-9-4-3-5-10-19/h3-11,18,21H,12-16,24H2,1-2H3,(H,25,26). The number of nitrogens with one attached hydrogen (secondary N) is 1.